The van der Waals surface area contributed by atoms with Crippen LogP contribution in [0, 0.1) is 4.91 Å². The minimum Gasteiger partial charge on any atom is -0.307 e. The second-order valence-electron chi connectivity index (χ2n) is 3.02. The third-order valence-electron chi connectivity index (χ3n) is 2.04. The fraction of sp³-hybridized carbons (Fsp3) is 0.300. The Hall–Kier alpha value is -1.75. The normalized spacial score (nSPS) is 11.8. The summed E-state index contributed by atoms with van der Waals surface area (Å²) in [5.41, 5.74) is 0.986. The molecule has 5 heteroatoms. The molecule has 0 radical (unpaired) electrons. The van der Waals surface area contributed by atoms with Gasteiger partial charge in [-0.1, -0.05) is 30.3 Å². The lowest BCUT2D eigenvalue weighted by Crippen LogP contribution is -2.36. The molecule has 0 amide bonds. The standard InChI is InChI=1S/C10H12N2O3/c1-11-9(10(13)15-12-14)7-8-5-3-2-4-6-8/h2-6,9,11H,7H2,1H3/t9-/m0/s1. The highest BCUT2D eigenvalue weighted by Gasteiger charge is 2.19. The molecule has 0 aliphatic heterocycles. The molecular weight excluding hydrogens is 196 g/mol. The van der Waals surface area contributed by atoms with Crippen LogP contribution in [0.2, 0.25) is 0 Å². The minimum atomic E-state index is -0.670. The first-order valence-corrected chi connectivity index (χ1v) is 4.52. The maximum atomic E-state index is 11.2. The molecule has 5 nitrogen and oxygen atoms in total. The van der Waals surface area contributed by atoms with Gasteiger partial charge in [0.1, 0.15) is 6.04 Å². The minimum absolute atomic E-state index is 0.464. The molecule has 0 unspecified atom stereocenters. The predicted octanol–water partition coefficient (Wildman–Crippen LogP) is 1.04. The van der Waals surface area contributed by atoms with E-state index in [0.29, 0.717) is 6.42 Å². The van der Waals surface area contributed by atoms with Crippen LogP contribution in [-0.2, 0) is 16.1 Å². The first-order valence-electron chi connectivity index (χ1n) is 4.52. The van der Waals surface area contributed by atoms with Gasteiger partial charge < -0.3 is 5.32 Å². The van der Waals surface area contributed by atoms with Crippen LogP contribution in [0.25, 0.3) is 0 Å². The molecule has 1 aromatic rings. The van der Waals surface area contributed by atoms with E-state index in [9.17, 15) is 9.70 Å². The molecular formula is C10H12N2O3. The second kappa shape index (κ2) is 5.87. The number of benzene rings is 1. The number of rotatable bonds is 5. The summed E-state index contributed by atoms with van der Waals surface area (Å²) in [5.74, 6) is -0.670. The first kappa shape index (κ1) is 11.3. The second-order valence-corrected chi connectivity index (χ2v) is 3.02. The Morgan fingerprint density at radius 1 is 1.47 bits per heavy atom. The molecule has 0 saturated heterocycles. The summed E-state index contributed by atoms with van der Waals surface area (Å²) in [6.45, 7) is 0. The Morgan fingerprint density at radius 2 is 2.13 bits per heavy atom. The highest BCUT2D eigenvalue weighted by Crippen LogP contribution is 2.04. The van der Waals surface area contributed by atoms with E-state index in [4.69, 9.17) is 0 Å². The molecule has 80 valence electrons. The maximum absolute atomic E-state index is 11.2. The van der Waals surface area contributed by atoms with Crippen molar-refractivity contribution in [2.24, 2.45) is 5.34 Å². The summed E-state index contributed by atoms with van der Waals surface area (Å²) < 4.78 is 0. The summed E-state index contributed by atoms with van der Waals surface area (Å²) in [6.07, 6.45) is 0.464. The van der Waals surface area contributed by atoms with E-state index in [-0.39, 0.29) is 0 Å². The van der Waals surface area contributed by atoms with Gasteiger partial charge in [0.2, 0.25) is 0 Å². The predicted molar refractivity (Wildman–Crippen MR) is 54.9 cm³/mol. The lowest BCUT2D eigenvalue weighted by atomic mass is 10.1. The highest BCUT2D eigenvalue weighted by molar-refractivity contribution is 5.75. The Bertz CT molecular complexity index is 327. The van der Waals surface area contributed by atoms with Crippen molar-refractivity contribution in [1.29, 1.82) is 0 Å². The van der Waals surface area contributed by atoms with E-state index >= 15 is 0 Å². The van der Waals surface area contributed by atoms with Gasteiger partial charge in [0, 0.05) is 0 Å². The lowest BCUT2D eigenvalue weighted by molar-refractivity contribution is -0.146. The number of carbonyl (C=O) groups excluding carboxylic acids is 1. The molecule has 0 aliphatic carbocycles. The topological polar surface area (TPSA) is 67.8 Å². The van der Waals surface area contributed by atoms with Crippen molar-refractivity contribution in [3.05, 3.63) is 40.8 Å². The number of likely N-dealkylation sites (N-methyl/N-ethyl adjacent to an activating group) is 1. The van der Waals surface area contributed by atoms with Crippen molar-refractivity contribution >= 4 is 5.97 Å². The van der Waals surface area contributed by atoms with Crippen molar-refractivity contribution in [1.82, 2.24) is 5.32 Å². The van der Waals surface area contributed by atoms with Gasteiger partial charge >= 0.3 is 5.97 Å². The average molecular weight is 208 g/mol. The third-order valence-corrected chi connectivity index (χ3v) is 2.04. The smallest absolute Gasteiger partial charge is 0.307 e. The van der Waals surface area contributed by atoms with Gasteiger partial charge in [0.25, 0.3) is 0 Å². The zero-order chi connectivity index (χ0) is 11.1. The van der Waals surface area contributed by atoms with Gasteiger partial charge in [-0.3, -0.25) is 4.84 Å². The zero-order valence-corrected chi connectivity index (χ0v) is 8.34. The quantitative estimate of drug-likeness (QED) is 0.580. The van der Waals surface area contributed by atoms with Crippen LogP contribution in [0.1, 0.15) is 5.56 Å². The summed E-state index contributed by atoms with van der Waals surface area (Å²) in [7, 11) is 1.62. The van der Waals surface area contributed by atoms with Crippen molar-refractivity contribution in [2.45, 2.75) is 12.5 Å². The fourth-order valence-electron chi connectivity index (χ4n) is 1.25. The average Bonchev–Trinajstić information content (AvgIpc) is 2.27. The molecule has 1 aromatic carbocycles. The van der Waals surface area contributed by atoms with E-state index in [1.54, 1.807) is 7.05 Å². The molecule has 0 fully saturated rings. The Labute approximate surface area is 87.4 Å². The van der Waals surface area contributed by atoms with Gasteiger partial charge in [-0.2, -0.15) is 0 Å². The summed E-state index contributed by atoms with van der Waals surface area (Å²) in [5, 5.41) is 4.87. The Kier molecular flexibility index (Phi) is 4.43. The van der Waals surface area contributed by atoms with Gasteiger partial charge in [0.15, 0.2) is 5.34 Å². The van der Waals surface area contributed by atoms with E-state index in [1.165, 1.54) is 0 Å². The molecule has 0 aromatic heterocycles. The maximum Gasteiger partial charge on any atom is 0.355 e. The Morgan fingerprint density at radius 3 is 2.67 bits per heavy atom. The number of carbonyl (C=O) groups is 1. The van der Waals surface area contributed by atoms with Crippen LogP contribution in [0.15, 0.2) is 35.7 Å². The molecule has 1 N–H and O–H groups in total. The van der Waals surface area contributed by atoms with Crippen LogP contribution in [0.4, 0.5) is 0 Å². The summed E-state index contributed by atoms with van der Waals surface area (Å²) in [4.78, 5) is 25.0. The van der Waals surface area contributed by atoms with E-state index in [0.717, 1.165) is 5.56 Å². The Balaban J connectivity index is 2.61. The van der Waals surface area contributed by atoms with Gasteiger partial charge in [-0.05, 0) is 19.0 Å². The molecule has 0 heterocycles. The first-order chi connectivity index (χ1) is 7.27. The lowest BCUT2D eigenvalue weighted by Gasteiger charge is -2.11. The van der Waals surface area contributed by atoms with Crippen LogP contribution in [0.3, 0.4) is 0 Å². The van der Waals surface area contributed by atoms with E-state index in [1.807, 2.05) is 30.3 Å². The molecule has 1 atom stereocenters. The van der Waals surface area contributed by atoms with Gasteiger partial charge in [0.05, 0.1) is 0 Å². The van der Waals surface area contributed by atoms with E-state index < -0.39 is 12.0 Å². The van der Waals surface area contributed by atoms with Gasteiger partial charge in [-0.15, -0.1) is 4.91 Å². The van der Waals surface area contributed by atoms with Crippen molar-refractivity contribution in [3.63, 3.8) is 0 Å². The van der Waals surface area contributed by atoms with Crippen molar-refractivity contribution in [3.8, 4) is 0 Å². The molecule has 15 heavy (non-hydrogen) atoms. The fourth-order valence-corrected chi connectivity index (χ4v) is 1.25. The molecule has 0 spiro atoms. The third kappa shape index (κ3) is 3.47. The summed E-state index contributed by atoms with van der Waals surface area (Å²) in [6, 6.07) is 8.89. The SMILES string of the molecule is CN[C@@H](Cc1ccccc1)C(=O)ON=O. The molecule has 0 bridgehead atoms. The van der Waals surface area contributed by atoms with E-state index in [2.05, 4.69) is 15.5 Å². The van der Waals surface area contributed by atoms with Gasteiger partial charge in [-0.25, -0.2) is 4.79 Å². The van der Waals surface area contributed by atoms with Crippen LogP contribution < -0.4 is 5.32 Å². The molecule has 0 saturated carbocycles. The molecule has 1 rings (SSSR count). The number of nitrogens with zero attached hydrogens (tertiary/aromatic N) is 1. The van der Waals surface area contributed by atoms with Crippen LogP contribution in [0.5, 0.6) is 0 Å². The van der Waals surface area contributed by atoms with Crippen LogP contribution >= 0.6 is 0 Å². The van der Waals surface area contributed by atoms with Crippen molar-refractivity contribution < 1.29 is 9.63 Å². The zero-order valence-electron chi connectivity index (χ0n) is 8.34. The van der Waals surface area contributed by atoms with Crippen LogP contribution in [-0.4, -0.2) is 19.1 Å². The van der Waals surface area contributed by atoms with Crippen molar-refractivity contribution in [2.75, 3.05) is 7.05 Å². The molecule has 0 aliphatic rings. The highest BCUT2D eigenvalue weighted by atomic mass is 16.7. The number of nitrogens with one attached hydrogen (secondary N) is 1. The summed E-state index contributed by atoms with van der Waals surface area (Å²) >= 11 is 0. The number of hydrogen-bond donors (Lipinski definition) is 1. The number of hydrogen-bond acceptors (Lipinski definition) is 5. The largest absolute Gasteiger partial charge is 0.355 e. The monoisotopic (exact) mass is 208 g/mol.